The molecule has 1 N–H and O–H groups in total. The number of thiazole rings is 1. The smallest absolute Gasteiger partial charge is 0.360 e. The number of halogens is 4. The van der Waals surface area contributed by atoms with Crippen molar-refractivity contribution in [1.29, 1.82) is 5.26 Å². The average Bonchev–Trinajstić information content (AvgIpc) is 3.24. The molecule has 0 aliphatic rings. The Morgan fingerprint density at radius 2 is 1.87 bits per heavy atom. The number of nitrogens with one attached hydrogen (secondary N) is 1. The Morgan fingerprint density at radius 3 is 2.65 bits per heavy atom. The summed E-state index contributed by atoms with van der Waals surface area (Å²) in [6.45, 7) is 0. The number of aromatic nitrogens is 1. The number of nitrogens with zero attached hydrogens (tertiary/aromatic N) is 2. The normalized spacial score (nSPS) is 12.0. The van der Waals surface area contributed by atoms with Gasteiger partial charge in [-0.3, -0.25) is 0 Å². The van der Waals surface area contributed by atoms with Gasteiger partial charge in [0.25, 0.3) is 0 Å². The first-order chi connectivity index (χ1) is 14.9. The Hall–Kier alpha value is -3.34. The largest absolute Gasteiger partial charge is 0.418 e. The Labute approximate surface area is 185 Å². The molecule has 0 aliphatic heterocycles. The number of benzene rings is 3. The maximum atomic E-state index is 13.3. The molecule has 0 atom stereocenters. The van der Waals surface area contributed by atoms with Crippen molar-refractivity contribution < 1.29 is 13.2 Å². The summed E-state index contributed by atoms with van der Waals surface area (Å²) < 4.78 is 39.8. The van der Waals surface area contributed by atoms with Gasteiger partial charge in [0.1, 0.15) is 16.6 Å². The van der Waals surface area contributed by atoms with Crippen LogP contribution < -0.4 is 5.32 Å². The van der Waals surface area contributed by atoms with E-state index in [4.69, 9.17) is 11.6 Å². The lowest BCUT2D eigenvalue weighted by Gasteiger charge is -2.13. The summed E-state index contributed by atoms with van der Waals surface area (Å²) >= 11 is 6.96. The third kappa shape index (κ3) is 4.41. The van der Waals surface area contributed by atoms with Gasteiger partial charge in [0.15, 0.2) is 0 Å². The highest BCUT2D eigenvalue weighted by Gasteiger charge is 2.33. The molecule has 0 aliphatic carbocycles. The summed E-state index contributed by atoms with van der Waals surface area (Å²) in [5.41, 5.74) is 0.627. The molecule has 0 fully saturated rings. The minimum absolute atomic E-state index is 0.0259. The molecule has 0 saturated carbocycles. The Bertz CT molecular complexity index is 1330. The number of rotatable bonds is 4. The van der Waals surface area contributed by atoms with Gasteiger partial charge in [0.2, 0.25) is 0 Å². The molecule has 1 aromatic heterocycles. The first kappa shape index (κ1) is 20.9. The summed E-state index contributed by atoms with van der Waals surface area (Å²) in [6.07, 6.45) is -3.36. The maximum Gasteiger partial charge on any atom is 0.418 e. The van der Waals surface area contributed by atoms with E-state index in [-0.39, 0.29) is 16.3 Å². The van der Waals surface area contributed by atoms with Crippen LogP contribution in [0.1, 0.15) is 10.6 Å². The monoisotopic (exact) mass is 455 g/mol. The molecule has 0 amide bonds. The Morgan fingerprint density at radius 1 is 1.10 bits per heavy atom. The molecule has 1 heterocycles. The molecule has 154 valence electrons. The predicted molar refractivity (Wildman–Crippen MR) is 119 cm³/mol. The fraction of sp³-hybridized carbons (Fsp3) is 0.0435. The number of allylic oxidation sites excluding steroid dienone is 1. The second-order valence-corrected chi connectivity index (χ2v) is 7.86. The van der Waals surface area contributed by atoms with Gasteiger partial charge in [-0.2, -0.15) is 18.4 Å². The molecular formula is C23H13ClF3N3S. The van der Waals surface area contributed by atoms with Crippen LogP contribution in [-0.4, -0.2) is 4.98 Å². The van der Waals surface area contributed by atoms with Crippen molar-refractivity contribution in [2.75, 3.05) is 5.32 Å². The van der Waals surface area contributed by atoms with E-state index in [9.17, 15) is 18.4 Å². The highest BCUT2D eigenvalue weighted by atomic mass is 35.5. The summed E-state index contributed by atoms with van der Waals surface area (Å²) in [5.74, 6) is 0. The van der Waals surface area contributed by atoms with Gasteiger partial charge in [-0.15, -0.1) is 11.3 Å². The fourth-order valence-corrected chi connectivity index (χ4v) is 4.10. The van der Waals surface area contributed by atoms with Crippen molar-refractivity contribution in [3.05, 3.63) is 87.8 Å². The second kappa shape index (κ2) is 8.42. The van der Waals surface area contributed by atoms with Crippen molar-refractivity contribution in [2.24, 2.45) is 0 Å². The van der Waals surface area contributed by atoms with E-state index in [0.29, 0.717) is 10.7 Å². The van der Waals surface area contributed by atoms with Crippen LogP contribution in [0.3, 0.4) is 0 Å². The SMILES string of the molecule is N#C/C(=C\Nc1ccc(Cl)cc1C(F)(F)F)c1nc(-c2cccc3ccccc23)cs1. The summed E-state index contributed by atoms with van der Waals surface area (Å²) in [6, 6.07) is 19.2. The lowest BCUT2D eigenvalue weighted by atomic mass is 10.0. The molecule has 4 rings (SSSR count). The van der Waals surface area contributed by atoms with Gasteiger partial charge in [-0.05, 0) is 29.0 Å². The molecular weight excluding hydrogens is 443 g/mol. The predicted octanol–water partition coefficient (Wildman–Crippen LogP) is 7.61. The molecule has 3 nitrogen and oxygen atoms in total. The number of hydrogen-bond donors (Lipinski definition) is 1. The zero-order valence-corrected chi connectivity index (χ0v) is 17.3. The van der Waals surface area contributed by atoms with E-state index in [1.165, 1.54) is 29.7 Å². The standard InChI is InChI=1S/C23H13ClF3N3S/c24-16-8-9-20(19(10-16)23(25,26)27)29-12-15(11-28)22-30-21(13-31-22)18-7-3-5-14-4-1-2-6-17(14)18/h1-10,12-13,29H/b15-12+. The number of fused-ring (bicyclic) bond motifs is 1. The summed E-state index contributed by atoms with van der Waals surface area (Å²) in [4.78, 5) is 4.54. The lowest BCUT2D eigenvalue weighted by molar-refractivity contribution is -0.136. The van der Waals surface area contributed by atoms with Crippen molar-refractivity contribution in [3.63, 3.8) is 0 Å². The van der Waals surface area contributed by atoms with Crippen LogP contribution in [0.4, 0.5) is 18.9 Å². The van der Waals surface area contributed by atoms with Gasteiger partial charge in [-0.25, -0.2) is 4.98 Å². The van der Waals surface area contributed by atoms with Crippen LogP contribution in [0.2, 0.25) is 5.02 Å². The molecule has 0 unspecified atom stereocenters. The fourth-order valence-electron chi connectivity index (χ4n) is 3.14. The lowest BCUT2D eigenvalue weighted by Crippen LogP contribution is -2.08. The van der Waals surface area contributed by atoms with Crippen LogP contribution in [0.25, 0.3) is 27.6 Å². The molecule has 0 saturated heterocycles. The van der Waals surface area contributed by atoms with Gasteiger partial charge < -0.3 is 5.32 Å². The van der Waals surface area contributed by atoms with Crippen LogP contribution in [-0.2, 0) is 6.18 Å². The number of anilines is 1. The van der Waals surface area contributed by atoms with Crippen LogP contribution in [0, 0.1) is 11.3 Å². The van der Waals surface area contributed by atoms with Crippen LogP contribution >= 0.6 is 22.9 Å². The molecule has 0 bridgehead atoms. The Kier molecular flexibility index (Phi) is 5.68. The first-order valence-corrected chi connectivity index (χ1v) is 10.3. The molecule has 31 heavy (non-hydrogen) atoms. The van der Waals surface area contributed by atoms with E-state index in [0.717, 1.165) is 22.4 Å². The van der Waals surface area contributed by atoms with Gasteiger partial charge in [-0.1, -0.05) is 54.1 Å². The summed E-state index contributed by atoms with van der Waals surface area (Å²) in [5, 5.41) is 16.4. The third-order valence-electron chi connectivity index (χ3n) is 4.58. The van der Waals surface area contributed by atoms with Crippen molar-refractivity contribution in [2.45, 2.75) is 6.18 Å². The van der Waals surface area contributed by atoms with Gasteiger partial charge >= 0.3 is 6.18 Å². The molecule has 3 aromatic carbocycles. The highest BCUT2D eigenvalue weighted by molar-refractivity contribution is 7.11. The quantitative estimate of drug-likeness (QED) is 0.322. The second-order valence-electron chi connectivity index (χ2n) is 6.57. The topological polar surface area (TPSA) is 48.7 Å². The van der Waals surface area contributed by atoms with Crippen molar-refractivity contribution >= 4 is 45.0 Å². The maximum absolute atomic E-state index is 13.3. The van der Waals surface area contributed by atoms with E-state index >= 15 is 0 Å². The van der Waals surface area contributed by atoms with E-state index in [1.54, 1.807) is 0 Å². The van der Waals surface area contributed by atoms with E-state index in [1.807, 2.05) is 53.9 Å². The van der Waals surface area contributed by atoms with Crippen molar-refractivity contribution in [1.82, 2.24) is 4.98 Å². The van der Waals surface area contributed by atoms with Gasteiger partial charge in [0.05, 0.1) is 16.9 Å². The minimum Gasteiger partial charge on any atom is -0.360 e. The first-order valence-electron chi connectivity index (χ1n) is 9.04. The molecule has 0 radical (unpaired) electrons. The average molecular weight is 456 g/mol. The molecule has 0 spiro atoms. The highest BCUT2D eigenvalue weighted by Crippen LogP contribution is 2.37. The van der Waals surface area contributed by atoms with Crippen LogP contribution in [0.5, 0.6) is 0 Å². The number of nitriles is 1. The zero-order chi connectivity index (χ0) is 22.0. The van der Waals surface area contributed by atoms with E-state index in [2.05, 4.69) is 10.3 Å². The zero-order valence-electron chi connectivity index (χ0n) is 15.7. The number of hydrogen-bond acceptors (Lipinski definition) is 4. The van der Waals surface area contributed by atoms with Gasteiger partial charge in [0, 0.05) is 22.2 Å². The molecule has 8 heteroatoms. The number of alkyl halides is 3. The summed E-state index contributed by atoms with van der Waals surface area (Å²) in [7, 11) is 0. The molecule has 4 aromatic rings. The Balaban J connectivity index is 1.67. The third-order valence-corrected chi connectivity index (χ3v) is 5.69. The van der Waals surface area contributed by atoms with Crippen LogP contribution in [0.15, 0.2) is 72.2 Å². The van der Waals surface area contributed by atoms with Crippen molar-refractivity contribution in [3.8, 4) is 17.3 Å². The minimum atomic E-state index is -4.59. The van der Waals surface area contributed by atoms with E-state index < -0.39 is 11.7 Å².